The van der Waals surface area contributed by atoms with Crippen molar-refractivity contribution in [2.75, 3.05) is 0 Å². The Hall–Kier alpha value is -5.11. The van der Waals surface area contributed by atoms with Crippen LogP contribution in [-0.2, 0) is 0 Å². The van der Waals surface area contributed by atoms with Gasteiger partial charge in [0.25, 0.3) is 0 Å². The van der Waals surface area contributed by atoms with Crippen LogP contribution in [0.15, 0.2) is 87.9 Å². The molecule has 0 aromatic heterocycles. The molecule has 0 atom stereocenters. The third-order valence-corrected chi connectivity index (χ3v) is 5.74. The molecule has 0 fully saturated rings. The first-order valence-electron chi connectivity index (χ1n) is 10.5. The van der Waals surface area contributed by atoms with Crippen molar-refractivity contribution < 1.29 is 29.7 Å². The molecule has 0 unspecified atom stereocenters. The minimum absolute atomic E-state index is 0.00906. The molecule has 0 saturated heterocycles. The lowest BCUT2D eigenvalue weighted by Gasteiger charge is -2.03. The van der Waals surface area contributed by atoms with Crippen molar-refractivity contribution in [2.24, 2.45) is 9.98 Å². The fraction of sp³-hybridized carbons (Fsp3) is 0. The van der Waals surface area contributed by atoms with Crippen LogP contribution >= 0.6 is 0 Å². The van der Waals surface area contributed by atoms with Gasteiger partial charge < -0.3 is 15.3 Å². The van der Waals surface area contributed by atoms with Crippen LogP contribution in [0.2, 0.25) is 0 Å². The van der Waals surface area contributed by atoms with E-state index in [2.05, 4.69) is 9.98 Å². The summed E-state index contributed by atoms with van der Waals surface area (Å²) in [5, 5.41) is 30.3. The highest BCUT2D eigenvalue weighted by atomic mass is 16.4. The molecule has 5 rings (SSSR count). The summed E-state index contributed by atoms with van der Waals surface area (Å²) in [6.45, 7) is 0. The number of carboxylic acid groups (broad SMARTS) is 1. The lowest BCUT2D eigenvalue weighted by atomic mass is 10.1. The minimum Gasteiger partial charge on any atom is -0.506 e. The Kier molecular flexibility index (Phi) is 5.18. The van der Waals surface area contributed by atoms with Crippen LogP contribution in [0.1, 0.15) is 42.2 Å². The van der Waals surface area contributed by atoms with Gasteiger partial charge in [0.2, 0.25) is 0 Å². The number of carboxylic acids is 1. The Morgan fingerprint density at radius 2 is 1.11 bits per heavy atom. The zero-order valence-electron chi connectivity index (χ0n) is 18.0. The van der Waals surface area contributed by atoms with Crippen molar-refractivity contribution >= 4 is 52.9 Å². The van der Waals surface area contributed by atoms with E-state index in [1.807, 2.05) is 0 Å². The van der Waals surface area contributed by atoms with Gasteiger partial charge in [-0.05, 0) is 18.2 Å². The zero-order valence-corrected chi connectivity index (χ0v) is 18.0. The molecule has 0 aliphatic heterocycles. The van der Waals surface area contributed by atoms with Crippen LogP contribution in [0.3, 0.4) is 0 Å². The number of aliphatic imine (C=N–C) groups is 2. The van der Waals surface area contributed by atoms with Crippen molar-refractivity contribution in [1.82, 2.24) is 0 Å². The fourth-order valence-electron chi connectivity index (χ4n) is 3.95. The number of hydrogen-bond acceptors (Lipinski definition) is 7. The SMILES string of the molecule is O=C(O)c1ccc(N=CC2=C(O)c3ccccc3C2=O)c(N=CC2=C(O)c3ccccc3C2=O)c1. The molecule has 0 spiro atoms. The summed E-state index contributed by atoms with van der Waals surface area (Å²) >= 11 is 0. The largest absolute Gasteiger partial charge is 0.506 e. The summed E-state index contributed by atoms with van der Waals surface area (Å²) in [5.41, 5.74) is 1.65. The van der Waals surface area contributed by atoms with Crippen LogP contribution in [0, 0.1) is 0 Å². The molecule has 3 aromatic carbocycles. The number of nitrogens with zero attached hydrogens (tertiary/aromatic N) is 2. The van der Waals surface area contributed by atoms with Crippen LogP contribution in [0.5, 0.6) is 0 Å². The molecule has 0 heterocycles. The van der Waals surface area contributed by atoms with Gasteiger partial charge in [-0.15, -0.1) is 0 Å². The lowest BCUT2D eigenvalue weighted by molar-refractivity contribution is 0.0696. The molecule has 0 bridgehead atoms. The molecule has 8 nitrogen and oxygen atoms in total. The second-order valence-electron chi connectivity index (χ2n) is 7.80. The number of aliphatic hydroxyl groups excluding tert-OH is 2. The average Bonchev–Trinajstić information content (AvgIpc) is 3.26. The lowest BCUT2D eigenvalue weighted by Crippen LogP contribution is -2.00. The van der Waals surface area contributed by atoms with E-state index < -0.39 is 17.5 Å². The Bertz CT molecular complexity index is 1580. The van der Waals surface area contributed by atoms with Crippen molar-refractivity contribution in [3.8, 4) is 0 Å². The van der Waals surface area contributed by atoms with E-state index in [0.717, 1.165) is 6.21 Å². The Balaban J connectivity index is 1.52. The minimum atomic E-state index is -1.19. The van der Waals surface area contributed by atoms with Crippen LogP contribution in [0.25, 0.3) is 11.5 Å². The highest BCUT2D eigenvalue weighted by Gasteiger charge is 2.29. The number of carbonyl (C=O) groups is 3. The molecule has 0 radical (unpaired) electrons. The Morgan fingerprint density at radius 3 is 1.57 bits per heavy atom. The zero-order chi connectivity index (χ0) is 24.7. The Labute approximate surface area is 198 Å². The van der Waals surface area contributed by atoms with Gasteiger partial charge >= 0.3 is 5.97 Å². The predicted molar refractivity (Wildman–Crippen MR) is 130 cm³/mol. The maximum absolute atomic E-state index is 12.7. The van der Waals surface area contributed by atoms with Gasteiger partial charge in [0.05, 0.1) is 28.1 Å². The summed E-state index contributed by atoms with van der Waals surface area (Å²) in [5.74, 6) is -2.42. The number of rotatable bonds is 5. The van der Waals surface area contributed by atoms with E-state index >= 15 is 0 Å². The summed E-state index contributed by atoms with van der Waals surface area (Å²) < 4.78 is 0. The summed E-state index contributed by atoms with van der Waals surface area (Å²) in [4.78, 5) is 45.3. The second-order valence-corrected chi connectivity index (χ2v) is 7.80. The number of aliphatic hydroxyl groups is 2. The molecular formula is C27H16N2O6. The molecule has 3 N–H and O–H groups in total. The number of hydrogen-bond donors (Lipinski definition) is 3. The summed E-state index contributed by atoms with van der Waals surface area (Å²) in [7, 11) is 0. The van der Waals surface area contributed by atoms with E-state index in [4.69, 9.17) is 0 Å². The molecular weight excluding hydrogens is 448 g/mol. The molecule has 0 amide bonds. The topological polar surface area (TPSA) is 137 Å². The number of ketones is 2. The van der Waals surface area contributed by atoms with E-state index in [0.29, 0.717) is 22.3 Å². The van der Waals surface area contributed by atoms with Crippen LogP contribution in [0.4, 0.5) is 11.4 Å². The van der Waals surface area contributed by atoms with Gasteiger partial charge in [-0.25, -0.2) is 4.79 Å². The average molecular weight is 464 g/mol. The quantitative estimate of drug-likeness (QED) is 0.448. The first kappa shape index (κ1) is 21.7. The summed E-state index contributed by atoms with van der Waals surface area (Å²) in [6, 6.07) is 17.2. The second kappa shape index (κ2) is 8.35. The first-order chi connectivity index (χ1) is 16.9. The molecule has 0 saturated carbocycles. The Morgan fingerprint density at radius 1 is 0.657 bits per heavy atom. The van der Waals surface area contributed by atoms with Crippen molar-refractivity contribution in [3.63, 3.8) is 0 Å². The van der Waals surface area contributed by atoms with E-state index in [9.17, 15) is 29.7 Å². The van der Waals surface area contributed by atoms with E-state index in [1.165, 1.54) is 24.4 Å². The molecule has 2 aliphatic rings. The maximum atomic E-state index is 12.7. The fourth-order valence-corrected chi connectivity index (χ4v) is 3.95. The smallest absolute Gasteiger partial charge is 0.335 e. The van der Waals surface area contributed by atoms with E-state index in [1.54, 1.807) is 48.5 Å². The molecule has 170 valence electrons. The van der Waals surface area contributed by atoms with Gasteiger partial charge in [0.1, 0.15) is 11.5 Å². The van der Waals surface area contributed by atoms with Crippen LogP contribution < -0.4 is 0 Å². The molecule has 3 aromatic rings. The third kappa shape index (κ3) is 3.63. The molecule has 35 heavy (non-hydrogen) atoms. The first-order valence-corrected chi connectivity index (χ1v) is 10.5. The highest BCUT2D eigenvalue weighted by Crippen LogP contribution is 2.34. The number of benzene rings is 3. The number of allylic oxidation sites excluding steroid dienone is 2. The predicted octanol–water partition coefficient (Wildman–Crippen LogP) is 5.12. The number of fused-ring (bicyclic) bond motifs is 2. The van der Waals surface area contributed by atoms with E-state index in [-0.39, 0.29) is 39.6 Å². The van der Waals surface area contributed by atoms with Crippen LogP contribution in [-0.4, -0.2) is 45.3 Å². The number of carbonyl (C=O) groups excluding carboxylic acids is 2. The monoisotopic (exact) mass is 464 g/mol. The normalized spacial score (nSPS) is 15.0. The van der Waals surface area contributed by atoms with Gasteiger partial charge in [-0.2, -0.15) is 0 Å². The maximum Gasteiger partial charge on any atom is 0.335 e. The van der Waals surface area contributed by atoms with Crippen molar-refractivity contribution in [1.29, 1.82) is 0 Å². The van der Waals surface area contributed by atoms with Gasteiger partial charge in [-0.1, -0.05) is 48.5 Å². The van der Waals surface area contributed by atoms with Gasteiger partial charge in [-0.3, -0.25) is 19.6 Å². The van der Waals surface area contributed by atoms with Crippen molar-refractivity contribution in [2.45, 2.75) is 0 Å². The molecule has 2 aliphatic carbocycles. The standard InChI is InChI=1S/C27H16N2O6/c30-23-15-5-1-2-6-16(15)24(31)19(23)12-28-21-10-9-14(27(34)35)11-22(21)29-13-20-25(32)17-7-3-4-8-18(17)26(20)33/h1-13,30,32H,(H,34,35). The number of Topliss-reactive ketones (excluding diaryl/α,β-unsaturated/α-hetero) is 2. The highest BCUT2D eigenvalue weighted by molar-refractivity contribution is 6.31. The van der Waals surface area contributed by atoms with Gasteiger partial charge in [0, 0.05) is 34.7 Å². The third-order valence-electron chi connectivity index (χ3n) is 5.74. The van der Waals surface area contributed by atoms with Gasteiger partial charge in [0.15, 0.2) is 11.6 Å². The van der Waals surface area contributed by atoms with Crippen molar-refractivity contribution in [3.05, 3.63) is 106 Å². The summed E-state index contributed by atoms with van der Waals surface area (Å²) in [6.07, 6.45) is 2.35. The molecule has 8 heteroatoms. The number of aromatic carboxylic acids is 1.